The summed E-state index contributed by atoms with van der Waals surface area (Å²) in [4.78, 5) is 12.3. The topological polar surface area (TPSA) is 66.5 Å². The maximum absolute atomic E-state index is 13.1. The van der Waals surface area contributed by atoms with Crippen molar-refractivity contribution in [1.82, 2.24) is 4.31 Å². The van der Waals surface area contributed by atoms with Crippen molar-refractivity contribution in [3.63, 3.8) is 0 Å². The van der Waals surface area contributed by atoms with Crippen molar-refractivity contribution in [2.24, 2.45) is 0 Å². The molecule has 1 saturated heterocycles. The van der Waals surface area contributed by atoms with Crippen molar-refractivity contribution in [2.45, 2.75) is 17.7 Å². The molecule has 2 aromatic rings. The zero-order chi connectivity index (χ0) is 18.9. The molecule has 1 aliphatic heterocycles. The maximum atomic E-state index is 13.1. The highest BCUT2D eigenvalue weighted by atomic mass is 35.5. The largest absolute Gasteiger partial charge is 0.321 e. The molecule has 1 heterocycles. The fourth-order valence-corrected chi connectivity index (χ4v) is 4.93. The quantitative estimate of drug-likeness (QED) is 0.812. The molecule has 1 N–H and O–H groups in total. The Balaban J connectivity index is 1.90. The van der Waals surface area contributed by atoms with Crippen LogP contribution in [0.25, 0.3) is 0 Å². The number of carbonyl (C=O) groups is 1. The molecule has 0 atom stereocenters. The third-order valence-electron chi connectivity index (χ3n) is 4.06. The minimum absolute atomic E-state index is 0.0391. The number of halogens is 3. The predicted octanol–water partition coefficient (Wildman–Crippen LogP) is 4.17. The molecule has 26 heavy (non-hydrogen) atoms. The molecule has 9 heteroatoms. The molecule has 0 unspecified atom stereocenters. The monoisotopic (exact) mass is 416 g/mol. The SMILES string of the molecule is O=C(Nc1ccc(F)cc1Cl)c1ccc(Cl)c(S(=O)(=O)N2CCCC2)c1. The van der Waals surface area contributed by atoms with Crippen LogP contribution >= 0.6 is 23.2 Å². The molecule has 5 nitrogen and oxygen atoms in total. The molecule has 138 valence electrons. The summed E-state index contributed by atoms with van der Waals surface area (Å²) < 4.78 is 39.9. The molecular weight excluding hydrogens is 402 g/mol. The molecule has 2 aromatic carbocycles. The van der Waals surface area contributed by atoms with Crippen LogP contribution in [-0.2, 0) is 10.0 Å². The molecule has 3 rings (SSSR count). The molecule has 0 saturated carbocycles. The third kappa shape index (κ3) is 3.86. The van der Waals surface area contributed by atoms with E-state index in [1.165, 1.54) is 28.6 Å². The highest BCUT2D eigenvalue weighted by Gasteiger charge is 2.29. The van der Waals surface area contributed by atoms with E-state index in [-0.39, 0.29) is 26.2 Å². The zero-order valence-electron chi connectivity index (χ0n) is 13.5. The molecule has 0 radical (unpaired) electrons. The molecule has 1 amide bonds. The zero-order valence-corrected chi connectivity index (χ0v) is 15.8. The van der Waals surface area contributed by atoms with Crippen LogP contribution in [0.15, 0.2) is 41.3 Å². The van der Waals surface area contributed by atoms with Crippen molar-refractivity contribution < 1.29 is 17.6 Å². The van der Waals surface area contributed by atoms with E-state index in [0.29, 0.717) is 13.1 Å². The first-order valence-electron chi connectivity index (χ1n) is 7.85. The van der Waals surface area contributed by atoms with Crippen LogP contribution in [0.2, 0.25) is 10.0 Å². The van der Waals surface area contributed by atoms with Crippen LogP contribution in [0.1, 0.15) is 23.2 Å². The highest BCUT2D eigenvalue weighted by Crippen LogP contribution is 2.29. The van der Waals surface area contributed by atoms with Crippen LogP contribution in [-0.4, -0.2) is 31.7 Å². The summed E-state index contributed by atoms with van der Waals surface area (Å²) in [6, 6.07) is 7.58. The molecule has 0 bridgehead atoms. The maximum Gasteiger partial charge on any atom is 0.255 e. The molecule has 0 spiro atoms. The Labute approximate surface area is 160 Å². The summed E-state index contributed by atoms with van der Waals surface area (Å²) >= 11 is 12.0. The van der Waals surface area contributed by atoms with Gasteiger partial charge in [-0.2, -0.15) is 4.31 Å². The number of rotatable bonds is 4. The Kier molecular flexibility index (Phi) is 5.53. The Morgan fingerprint density at radius 1 is 1.04 bits per heavy atom. The first-order chi connectivity index (χ1) is 12.3. The van der Waals surface area contributed by atoms with E-state index in [1.54, 1.807) is 0 Å². The van der Waals surface area contributed by atoms with E-state index < -0.39 is 21.7 Å². The summed E-state index contributed by atoms with van der Waals surface area (Å²) in [5.74, 6) is -1.11. The molecule has 1 aliphatic rings. The smallest absolute Gasteiger partial charge is 0.255 e. The minimum Gasteiger partial charge on any atom is -0.321 e. The van der Waals surface area contributed by atoms with Gasteiger partial charge in [0.2, 0.25) is 10.0 Å². The average molecular weight is 417 g/mol. The lowest BCUT2D eigenvalue weighted by atomic mass is 10.2. The number of benzene rings is 2. The lowest BCUT2D eigenvalue weighted by Gasteiger charge is -2.17. The van der Waals surface area contributed by atoms with Crippen molar-refractivity contribution in [1.29, 1.82) is 0 Å². The summed E-state index contributed by atoms with van der Waals surface area (Å²) in [6.45, 7) is 0.862. The molecule has 0 aliphatic carbocycles. The predicted molar refractivity (Wildman–Crippen MR) is 98.8 cm³/mol. The standard InChI is InChI=1S/C17H15Cl2FN2O3S/c18-13-5-3-11(9-16(13)26(24,25)22-7-1-2-8-22)17(23)21-15-6-4-12(20)10-14(15)19/h3-6,9-10H,1-2,7-8H2,(H,21,23). The van der Waals surface area contributed by atoms with Crippen LogP contribution in [0.3, 0.4) is 0 Å². The van der Waals surface area contributed by atoms with E-state index in [1.807, 2.05) is 0 Å². The number of anilines is 1. The number of carbonyl (C=O) groups excluding carboxylic acids is 1. The summed E-state index contributed by atoms with van der Waals surface area (Å²) in [5, 5.41) is 2.62. The van der Waals surface area contributed by atoms with E-state index in [9.17, 15) is 17.6 Å². The number of amides is 1. The van der Waals surface area contributed by atoms with Gasteiger partial charge in [-0.3, -0.25) is 4.79 Å². The van der Waals surface area contributed by atoms with Crippen LogP contribution in [0, 0.1) is 5.82 Å². The lowest BCUT2D eigenvalue weighted by molar-refractivity contribution is 0.102. The Morgan fingerprint density at radius 3 is 2.38 bits per heavy atom. The normalized spacial score (nSPS) is 15.2. The van der Waals surface area contributed by atoms with Crippen LogP contribution in [0.4, 0.5) is 10.1 Å². The van der Waals surface area contributed by atoms with Crippen molar-refractivity contribution in [3.05, 3.63) is 57.8 Å². The third-order valence-corrected chi connectivity index (χ3v) is 6.75. The van der Waals surface area contributed by atoms with Crippen LogP contribution in [0.5, 0.6) is 0 Å². The second-order valence-corrected chi connectivity index (χ2v) is 8.56. The van der Waals surface area contributed by atoms with E-state index >= 15 is 0 Å². The van der Waals surface area contributed by atoms with Gasteiger partial charge in [-0.15, -0.1) is 0 Å². The number of hydrogen-bond acceptors (Lipinski definition) is 3. The number of nitrogens with zero attached hydrogens (tertiary/aromatic N) is 1. The number of sulfonamides is 1. The molecular formula is C17H15Cl2FN2O3S. The number of nitrogens with one attached hydrogen (secondary N) is 1. The molecule has 1 fully saturated rings. The number of hydrogen-bond donors (Lipinski definition) is 1. The second kappa shape index (κ2) is 7.52. The van der Waals surface area contributed by atoms with Gasteiger partial charge in [-0.05, 0) is 49.2 Å². The van der Waals surface area contributed by atoms with Crippen LogP contribution < -0.4 is 5.32 Å². The van der Waals surface area contributed by atoms with E-state index in [4.69, 9.17) is 23.2 Å². The fraction of sp³-hybridized carbons (Fsp3) is 0.235. The lowest BCUT2D eigenvalue weighted by Crippen LogP contribution is -2.28. The van der Waals surface area contributed by atoms with Gasteiger partial charge in [0.1, 0.15) is 10.7 Å². The van der Waals surface area contributed by atoms with Gasteiger partial charge in [0.15, 0.2) is 0 Å². The first kappa shape index (κ1) is 19.1. The summed E-state index contributed by atoms with van der Waals surface area (Å²) in [5.41, 5.74) is 0.324. The van der Waals surface area contributed by atoms with E-state index in [0.717, 1.165) is 25.0 Å². The van der Waals surface area contributed by atoms with Gasteiger partial charge < -0.3 is 5.32 Å². The van der Waals surface area contributed by atoms with E-state index in [2.05, 4.69) is 5.32 Å². The van der Waals surface area contributed by atoms with Crippen molar-refractivity contribution in [2.75, 3.05) is 18.4 Å². The fourth-order valence-electron chi connectivity index (χ4n) is 2.70. The Hall–Kier alpha value is -1.67. The Morgan fingerprint density at radius 2 is 1.73 bits per heavy atom. The highest BCUT2D eigenvalue weighted by molar-refractivity contribution is 7.89. The first-order valence-corrected chi connectivity index (χ1v) is 10.0. The minimum atomic E-state index is -3.77. The van der Waals surface area contributed by atoms with Gasteiger partial charge in [-0.25, -0.2) is 12.8 Å². The summed E-state index contributed by atoms with van der Waals surface area (Å²) in [7, 11) is -3.77. The van der Waals surface area contributed by atoms with Gasteiger partial charge in [0, 0.05) is 18.7 Å². The second-order valence-electron chi connectivity index (χ2n) is 5.83. The van der Waals surface area contributed by atoms with Gasteiger partial charge in [0.25, 0.3) is 5.91 Å². The molecule has 0 aromatic heterocycles. The van der Waals surface area contributed by atoms with Gasteiger partial charge >= 0.3 is 0 Å². The van der Waals surface area contributed by atoms with Crippen molar-refractivity contribution in [3.8, 4) is 0 Å². The van der Waals surface area contributed by atoms with Gasteiger partial charge in [0.05, 0.1) is 15.7 Å². The summed E-state index contributed by atoms with van der Waals surface area (Å²) in [6.07, 6.45) is 1.58. The Bertz CT molecular complexity index is 960. The average Bonchev–Trinajstić information content (AvgIpc) is 3.13. The van der Waals surface area contributed by atoms with Crippen molar-refractivity contribution >= 4 is 44.8 Å². The van der Waals surface area contributed by atoms with Gasteiger partial charge in [-0.1, -0.05) is 23.2 Å².